The van der Waals surface area contributed by atoms with E-state index >= 15 is 0 Å². The molecule has 4 aliphatic rings. The molecule has 0 aliphatic heterocycles. The molecule has 3 fully saturated rings. The Morgan fingerprint density at radius 1 is 1.27 bits per heavy atom. The summed E-state index contributed by atoms with van der Waals surface area (Å²) in [5.74, 6) is 5.10. The maximum atomic E-state index is 11.8. The molecular weight excluding hydrogens is 268 g/mol. The van der Waals surface area contributed by atoms with Gasteiger partial charge in [0.1, 0.15) is 0 Å². The van der Waals surface area contributed by atoms with Gasteiger partial charge in [-0.3, -0.25) is 4.79 Å². The lowest BCUT2D eigenvalue weighted by Crippen LogP contribution is -2.49. The number of hydrogen-bond donors (Lipinski definition) is 0. The van der Waals surface area contributed by atoms with Crippen molar-refractivity contribution in [1.82, 2.24) is 0 Å². The van der Waals surface area contributed by atoms with Crippen LogP contribution in [0.1, 0.15) is 58.8 Å². The summed E-state index contributed by atoms with van der Waals surface area (Å²) in [6.07, 6.45) is 12.9. The third-order valence-electron chi connectivity index (χ3n) is 8.17. The highest BCUT2D eigenvalue weighted by molar-refractivity contribution is 5.91. The molecule has 120 valence electrons. The first kappa shape index (κ1) is 14.7. The molecule has 22 heavy (non-hydrogen) atoms. The van der Waals surface area contributed by atoms with E-state index in [1.807, 2.05) is 6.08 Å². The van der Waals surface area contributed by atoms with Crippen LogP contribution < -0.4 is 0 Å². The van der Waals surface area contributed by atoms with Crippen molar-refractivity contribution in [3.8, 4) is 0 Å². The Morgan fingerprint density at radius 2 is 2.09 bits per heavy atom. The Balaban J connectivity index is 1.71. The Bertz CT molecular complexity index is 530. The maximum absolute atomic E-state index is 11.8. The highest BCUT2D eigenvalue weighted by Crippen LogP contribution is 2.64. The van der Waals surface area contributed by atoms with Crippen LogP contribution in [0.4, 0.5) is 0 Å². The van der Waals surface area contributed by atoms with Gasteiger partial charge in [0, 0.05) is 6.42 Å². The van der Waals surface area contributed by atoms with E-state index < -0.39 is 0 Å². The van der Waals surface area contributed by atoms with E-state index in [9.17, 15) is 4.79 Å². The lowest BCUT2D eigenvalue weighted by Gasteiger charge is -2.56. The second-order valence-corrected chi connectivity index (χ2v) is 8.81. The van der Waals surface area contributed by atoms with E-state index in [-0.39, 0.29) is 0 Å². The fraction of sp³-hybridized carbons (Fsp3) is 0.762. The SMILES string of the molecule is C=CC1CC2=CC(=O)CCC2[C@H]2CC[C@]3(C)[C@@H](C)CC[C@H]3[C@H]12. The Hall–Kier alpha value is -0.850. The van der Waals surface area contributed by atoms with Crippen LogP contribution in [-0.4, -0.2) is 5.78 Å². The smallest absolute Gasteiger partial charge is 0.155 e. The van der Waals surface area contributed by atoms with Crippen molar-refractivity contribution in [2.24, 2.45) is 40.9 Å². The summed E-state index contributed by atoms with van der Waals surface area (Å²) in [6, 6.07) is 0. The van der Waals surface area contributed by atoms with Crippen LogP contribution >= 0.6 is 0 Å². The molecule has 0 radical (unpaired) electrons. The third kappa shape index (κ3) is 1.93. The highest BCUT2D eigenvalue weighted by atomic mass is 16.1. The van der Waals surface area contributed by atoms with Crippen LogP contribution in [0.15, 0.2) is 24.3 Å². The molecule has 2 unspecified atom stereocenters. The largest absolute Gasteiger partial charge is 0.295 e. The molecule has 1 heteroatoms. The van der Waals surface area contributed by atoms with Crippen LogP contribution in [0.5, 0.6) is 0 Å². The first-order valence-corrected chi connectivity index (χ1v) is 9.40. The summed E-state index contributed by atoms with van der Waals surface area (Å²) in [5.41, 5.74) is 2.03. The molecule has 0 heterocycles. The minimum Gasteiger partial charge on any atom is -0.295 e. The third-order valence-corrected chi connectivity index (χ3v) is 8.17. The zero-order valence-electron chi connectivity index (χ0n) is 14.2. The van der Waals surface area contributed by atoms with Crippen LogP contribution in [-0.2, 0) is 4.79 Å². The van der Waals surface area contributed by atoms with Gasteiger partial charge >= 0.3 is 0 Å². The second kappa shape index (κ2) is 5.08. The zero-order valence-corrected chi connectivity index (χ0v) is 14.2. The normalized spacial score (nSPS) is 50.6. The molecule has 4 rings (SSSR count). The van der Waals surface area contributed by atoms with E-state index in [2.05, 4.69) is 26.5 Å². The number of carbonyl (C=O) groups excluding carboxylic acids is 1. The summed E-state index contributed by atoms with van der Waals surface area (Å²) in [4.78, 5) is 11.8. The van der Waals surface area contributed by atoms with Crippen molar-refractivity contribution in [2.75, 3.05) is 0 Å². The average molecular weight is 298 g/mol. The summed E-state index contributed by atoms with van der Waals surface area (Å²) in [6.45, 7) is 9.23. The van der Waals surface area contributed by atoms with Crippen molar-refractivity contribution in [3.05, 3.63) is 24.3 Å². The van der Waals surface area contributed by atoms with Crippen molar-refractivity contribution >= 4 is 5.78 Å². The molecule has 4 aliphatic carbocycles. The van der Waals surface area contributed by atoms with E-state index in [0.29, 0.717) is 23.0 Å². The van der Waals surface area contributed by atoms with Gasteiger partial charge in [-0.25, -0.2) is 0 Å². The standard InChI is InChI=1S/C21H30O/c1-4-14-11-15-12-16(22)6-7-17(15)18-9-10-21(3)13(2)5-8-19(21)20(14)18/h4,12-14,17-20H,1,5-11H2,2-3H3/t13-,14?,17?,18+,19-,20+,21+/m0/s1. The summed E-state index contributed by atoms with van der Waals surface area (Å²) < 4.78 is 0. The molecule has 3 saturated carbocycles. The fourth-order valence-electron chi connectivity index (χ4n) is 6.79. The number of hydrogen-bond acceptors (Lipinski definition) is 1. The molecule has 0 aromatic carbocycles. The highest BCUT2D eigenvalue weighted by Gasteiger charge is 2.56. The van der Waals surface area contributed by atoms with E-state index in [1.165, 1.54) is 31.3 Å². The minimum atomic E-state index is 0.364. The van der Waals surface area contributed by atoms with Crippen LogP contribution in [0, 0.1) is 40.9 Å². The predicted molar refractivity (Wildman–Crippen MR) is 90.3 cm³/mol. The molecular formula is C21H30O. The van der Waals surface area contributed by atoms with Crippen LogP contribution in [0.25, 0.3) is 0 Å². The lowest BCUT2D eigenvalue weighted by molar-refractivity contribution is -0.116. The summed E-state index contributed by atoms with van der Waals surface area (Å²) >= 11 is 0. The topological polar surface area (TPSA) is 17.1 Å². The summed E-state index contributed by atoms with van der Waals surface area (Å²) in [5, 5.41) is 0. The van der Waals surface area contributed by atoms with Crippen LogP contribution in [0.2, 0.25) is 0 Å². The summed E-state index contributed by atoms with van der Waals surface area (Å²) in [7, 11) is 0. The maximum Gasteiger partial charge on any atom is 0.155 e. The quantitative estimate of drug-likeness (QED) is 0.610. The van der Waals surface area contributed by atoms with E-state index in [4.69, 9.17) is 0 Å². The van der Waals surface area contributed by atoms with Gasteiger partial charge in [-0.2, -0.15) is 0 Å². The lowest BCUT2D eigenvalue weighted by atomic mass is 9.49. The monoisotopic (exact) mass is 298 g/mol. The van der Waals surface area contributed by atoms with Gasteiger partial charge in [0.25, 0.3) is 0 Å². The molecule has 0 spiro atoms. The Kier molecular flexibility index (Phi) is 3.40. The second-order valence-electron chi connectivity index (χ2n) is 8.81. The Labute approximate surface area is 135 Å². The van der Waals surface area contributed by atoms with Crippen molar-refractivity contribution in [2.45, 2.75) is 58.8 Å². The minimum absolute atomic E-state index is 0.364. The van der Waals surface area contributed by atoms with Gasteiger partial charge in [-0.1, -0.05) is 25.5 Å². The molecule has 0 bridgehead atoms. The fourth-order valence-corrected chi connectivity index (χ4v) is 6.79. The number of rotatable bonds is 1. The van der Waals surface area contributed by atoms with Crippen molar-refractivity contribution < 1.29 is 4.79 Å². The average Bonchev–Trinajstić information content (AvgIpc) is 2.81. The van der Waals surface area contributed by atoms with Gasteiger partial charge < -0.3 is 0 Å². The molecule has 0 saturated heterocycles. The number of fused-ring (bicyclic) bond motifs is 5. The molecule has 0 amide bonds. The molecule has 0 aromatic rings. The van der Waals surface area contributed by atoms with E-state index in [1.54, 1.807) is 0 Å². The number of ketones is 1. The number of carbonyl (C=O) groups is 1. The van der Waals surface area contributed by atoms with Gasteiger partial charge in [-0.15, -0.1) is 6.58 Å². The molecule has 0 N–H and O–H groups in total. The van der Waals surface area contributed by atoms with Gasteiger partial charge in [0.05, 0.1) is 0 Å². The first-order chi connectivity index (χ1) is 10.5. The first-order valence-electron chi connectivity index (χ1n) is 9.40. The van der Waals surface area contributed by atoms with Crippen molar-refractivity contribution in [1.29, 1.82) is 0 Å². The molecule has 0 aromatic heterocycles. The van der Waals surface area contributed by atoms with Crippen molar-refractivity contribution in [3.63, 3.8) is 0 Å². The zero-order chi connectivity index (χ0) is 15.5. The van der Waals surface area contributed by atoms with E-state index in [0.717, 1.165) is 42.9 Å². The predicted octanol–water partition coefficient (Wildman–Crippen LogP) is 5.18. The van der Waals surface area contributed by atoms with Gasteiger partial charge in [-0.05, 0) is 85.5 Å². The van der Waals surface area contributed by atoms with Gasteiger partial charge in [0.15, 0.2) is 5.78 Å². The molecule has 1 nitrogen and oxygen atoms in total. The number of allylic oxidation sites excluding steroid dienone is 2. The van der Waals surface area contributed by atoms with Gasteiger partial charge in [0.2, 0.25) is 0 Å². The molecule has 7 atom stereocenters. The van der Waals surface area contributed by atoms with Crippen LogP contribution in [0.3, 0.4) is 0 Å². The Morgan fingerprint density at radius 3 is 2.86 bits per heavy atom.